The molecule has 6 heteroatoms. The number of pyridine rings is 1. The molecule has 0 aliphatic rings. The first-order valence-corrected chi connectivity index (χ1v) is 6.77. The van der Waals surface area contributed by atoms with Crippen LogP contribution in [0, 0.1) is 0 Å². The fraction of sp³-hybridized carbons (Fsp3) is 0.143. The van der Waals surface area contributed by atoms with Gasteiger partial charge in [0, 0.05) is 4.47 Å². The van der Waals surface area contributed by atoms with Crippen LogP contribution in [-0.4, -0.2) is 10.9 Å². The predicted molar refractivity (Wildman–Crippen MR) is 78.5 cm³/mol. The number of nitrogens with one attached hydrogen (secondary N) is 1. The number of halogens is 1. The van der Waals surface area contributed by atoms with Crippen molar-refractivity contribution in [2.45, 2.75) is 13.2 Å². The maximum Gasteiger partial charge on any atom is 0.283 e. The Morgan fingerprint density at radius 3 is 2.80 bits per heavy atom. The second-order valence-electron chi connectivity index (χ2n) is 4.11. The van der Waals surface area contributed by atoms with Crippen molar-refractivity contribution >= 4 is 21.8 Å². The van der Waals surface area contributed by atoms with Gasteiger partial charge in [-0.2, -0.15) is 0 Å². The van der Waals surface area contributed by atoms with Crippen LogP contribution in [0.1, 0.15) is 21.7 Å². The number of hydrogen-bond donors (Lipinski definition) is 2. The molecule has 1 amide bonds. The minimum absolute atomic E-state index is 0.274. The number of carbonyl (C=O) groups is 1. The van der Waals surface area contributed by atoms with Gasteiger partial charge in [0.1, 0.15) is 5.69 Å². The fourth-order valence-corrected chi connectivity index (χ4v) is 2.11. The largest absolute Gasteiger partial charge is 0.370 e. The Balaban J connectivity index is 1.92. The van der Waals surface area contributed by atoms with Crippen molar-refractivity contribution in [3.63, 3.8) is 0 Å². The Morgan fingerprint density at radius 1 is 1.25 bits per heavy atom. The van der Waals surface area contributed by atoms with Crippen molar-refractivity contribution in [3.05, 3.63) is 63.9 Å². The molecule has 1 aromatic heterocycles. The second kappa shape index (κ2) is 7.14. The number of hydrogen-bond acceptors (Lipinski definition) is 4. The highest BCUT2D eigenvalue weighted by atomic mass is 79.9. The Labute approximate surface area is 125 Å². The molecule has 1 heterocycles. The summed E-state index contributed by atoms with van der Waals surface area (Å²) in [6, 6.07) is 13.0. The van der Waals surface area contributed by atoms with Gasteiger partial charge >= 0.3 is 0 Å². The van der Waals surface area contributed by atoms with E-state index in [1.54, 1.807) is 18.2 Å². The van der Waals surface area contributed by atoms with Crippen molar-refractivity contribution in [1.29, 1.82) is 0 Å². The molecule has 20 heavy (non-hydrogen) atoms. The molecule has 0 aliphatic carbocycles. The van der Waals surface area contributed by atoms with Crippen LogP contribution in [0.2, 0.25) is 0 Å². The molecule has 0 bridgehead atoms. The van der Waals surface area contributed by atoms with Crippen molar-refractivity contribution in [3.8, 4) is 0 Å². The summed E-state index contributed by atoms with van der Waals surface area (Å²) < 4.78 is 6.60. The molecule has 0 unspecified atom stereocenters. The zero-order valence-electron chi connectivity index (χ0n) is 10.7. The Kier molecular flexibility index (Phi) is 5.23. The average Bonchev–Trinajstić information content (AvgIpc) is 2.47. The molecule has 0 radical (unpaired) electrons. The van der Waals surface area contributed by atoms with Gasteiger partial charge < -0.3 is 4.74 Å². The van der Waals surface area contributed by atoms with Gasteiger partial charge in [-0.25, -0.2) is 10.8 Å². The van der Waals surface area contributed by atoms with Crippen LogP contribution in [-0.2, 0) is 18.0 Å². The van der Waals surface area contributed by atoms with Crippen molar-refractivity contribution in [1.82, 2.24) is 10.4 Å². The van der Waals surface area contributed by atoms with E-state index in [2.05, 4.69) is 20.9 Å². The standard InChI is InChI=1S/C14H14BrN3O2/c15-11-4-1-3-10(7-11)8-20-9-12-5-2-6-13(17-12)14(19)18-16/h1-7H,8-9,16H2,(H,18,19). The molecule has 0 aliphatic heterocycles. The number of nitrogen functional groups attached to an aromatic ring is 1. The van der Waals surface area contributed by atoms with E-state index < -0.39 is 5.91 Å². The summed E-state index contributed by atoms with van der Waals surface area (Å²) >= 11 is 3.41. The lowest BCUT2D eigenvalue weighted by Crippen LogP contribution is -2.30. The van der Waals surface area contributed by atoms with Gasteiger partial charge in [0.05, 0.1) is 18.9 Å². The average molecular weight is 336 g/mol. The summed E-state index contributed by atoms with van der Waals surface area (Å²) in [6.45, 7) is 0.812. The highest BCUT2D eigenvalue weighted by molar-refractivity contribution is 9.10. The van der Waals surface area contributed by atoms with Crippen molar-refractivity contribution < 1.29 is 9.53 Å². The summed E-state index contributed by atoms with van der Waals surface area (Å²) in [7, 11) is 0. The van der Waals surface area contributed by atoms with Gasteiger partial charge in [0.15, 0.2) is 0 Å². The number of rotatable bonds is 5. The molecule has 1 aromatic carbocycles. The number of ether oxygens (including phenoxy) is 1. The topological polar surface area (TPSA) is 77.2 Å². The summed E-state index contributed by atoms with van der Waals surface area (Å²) in [5, 5.41) is 0. The van der Waals surface area contributed by atoms with Crippen LogP contribution in [0.5, 0.6) is 0 Å². The number of amides is 1. The van der Waals surface area contributed by atoms with E-state index in [1.807, 2.05) is 29.7 Å². The zero-order chi connectivity index (χ0) is 14.4. The van der Waals surface area contributed by atoms with Crippen LogP contribution in [0.3, 0.4) is 0 Å². The Bertz CT molecular complexity index is 604. The summed E-state index contributed by atoms with van der Waals surface area (Å²) in [5.41, 5.74) is 4.07. The molecule has 0 spiro atoms. The third-order valence-corrected chi connectivity index (χ3v) is 3.07. The quantitative estimate of drug-likeness (QED) is 0.498. The van der Waals surface area contributed by atoms with E-state index in [4.69, 9.17) is 10.6 Å². The third kappa shape index (κ3) is 4.12. The minimum atomic E-state index is -0.418. The van der Waals surface area contributed by atoms with Crippen molar-refractivity contribution in [2.75, 3.05) is 0 Å². The smallest absolute Gasteiger partial charge is 0.283 e. The molecule has 2 aromatic rings. The van der Waals surface area contributed by atoms with Crippen LogP contribution in [0.25, 0.3) is 0 Å². The lowest BCUT2D eigenvalue weighted by Gasteiger charge is -2.06. The second-order valence-corrected chi connectivity index (χ2v) is 5.03. The normalized spacial score (nSPS) is 10.3. The molecule has 0 saturated heterocycles. The number of nitrogens with two attached hydrogens (primary N) is 1. The summed E-state index contributed by atoms with van der Waals surface area (Å²) in [6.07, 6.45) is 0. The van der Waals surface area contributed by atoms with E-state index >= 15 is 0 Å². The number of benzene rings is 1. The number of nitrogens with zero attached hydrogens (tertiary/aromatic N) is 1. The maximum atomic E-state index is 11.4. The van der Waals surface area contributed by atoms with Gasteiger partial charge in [0.2, 0.25) is 0 Å². The SMILES string of the molecule is NNC(=O)c1cccc(COCc2cccc(Br)c2)n1. The van der Waals surface area contributed by atoms with Gasteiger partial charge in [-0.1, -0.05) is 34.1 Å². The molecular weight excluding hydrogens is 322 g/mol. The van der Waals surface area contributed by atoms with Crippen molar-refractivity contribution in [2.24, 2.45) is 5.84 Å². The Morgan fingerprint density at radius 2 is 2.05 bits per heavy atom. The first-order chi connectivity index (χ1) is 9.69. The van der Waals surface area contributed by atoms with Crippen LogP contribution < -0.4 is 11.3 Å². The van der Waals surface area contributed by atoms with Gasteiger partial charge in [-0.05, 0) is 29.8 Å². The number of carbonyl (C=O) groups excluding carboxylic acids is 1. The maximum absolute atomic E-state index is 11.4. The molecule has 0 fully saturated rings. The highest BCUT2D eigenvalue weighted by Crippen LogP contribution is 2.13. The van der Waals surface area contributed by atoms with Gasteiger partial charge in [-0.3, -0.25) is 10.2 Å². The van der Waals surface area contributed by atoms with Crippen LogP contribution >= 0.6 is 15.9 Å². The van der Waals surface area contributed by atoms with E-state index in [9.17, 15) is 4.79 Å². The summed E-state index contributed by atoms with van der Waals surface area (Å²) in [5.74, 6) is 4.65. The molecule has 104 valence electrons. The lowest BCUT2D eigenvalue weighted by atomic mass is 10.2. The van der Waals surface area contributed by atoms with Crippen LogP contribution in [0.15, 0.2) is 46.9 Å². The number of hydrazine groups is 1. The Hall–Kier alpha value is -1.76. The number of aromatic nitrogens is 1. The van der Waals surface area contributed by atoms with E-state index in [1.165, 1.54) is 0 Å². The van der Waals surface area contributed by atoms with E-state index in [0.717, 1.165) is 10.0 Å². The summed E-state index contributed by atoms with van der Waals surface area (Å²) in [4.78, 5) is 15.5. The molecule has 0 atom stereocenters. The molecule has 2 rings (SSSR count). The lowest BCUT2D eigenvalue weighted by molar-refractivity contribution is 0.0941. The van der Waals surface area contributed by atoms with E-state index in [-0.39, 0.29) is 5.69 Å². The molecule has 3 N–H and O–H groups in total. The zero-order valence-corrected chi connectivity index (χ0v) is 12.3. The predicted octanol–water partition coefficient (Wildman–Crippen LogP) is 2.16. The molecule has 0 saturated carbocycles. The molecule has 5 nitrogen and oxygen atoms in total. The first-order valence-electron chi connectivity index (χ1n) is 5.98. The molecular formula is C14H14BrN3O2. The highest BCUT2D eigenvalue weighted by Gasteiger charge is 2.05. The minimum Gasteiger partial charge on any atom is -0.370 e. The van der Waals surface area contributed by atoms with Crippen LogP contribution in [0.4, 0.5) is 0 Å². The van der Waals surface area contributed by atoms with E-state index in [0.29, 0.717) is 18.9 Å². The van der Waals surface area contributed by atoms with Gasteiger partial charge in [-0.15, -0.1) is 0 Å². The third-order valence-electron chi connectivity index (χ3n) is 2.58. The van der Waals surface area contributed by atoms with Gasteiger partial charge in [0.25, 0.3) is 5.91 Å². The monoisotopic (exact) mass is 335 g/mol. The first kappa shape index (κ1) is 14.6. The fourth-order valence-electron chi connectivity index (χ4n) is 1.66.